The van der Waals surface area contributed by atoms with E-state index in [9.17, 15) is 13.2 Å². The van der Waals surface area contributed by atoms with Gasteiger partial charge in [0.1, 0.15) is 5.75 Å². The monoisotopic (exact) mass is 402 g/mol. The van der Waals surface area contributed by atoms with Crippen LogP contribution in [0.5, 0.6) is 5.75 Å². The van der Waals surface area contributed by atoms with E-state index in [1.54, 1.807) is 24.3 Å². The minimum Gasteiger partial charge on any atom is -0.494 e. The van der Waals surface area contributed by atoms with Crippen LogP contribution in [-0.4, -0.2) is 34.0 Å². The van der Waals surface area contributed by atoms with E-state index in [2.05, 4.69) is 17.0 Å². The highest BCUT2D eigenvalue weighted by Gasteiger charge is 2.23. The van der Waals surface area contributed by atoms with E-state index in [4.69, 9.17) is 4.74 Å². The van der Waals surface area contributed by atoms with Gasteiger partial charge in [-0.3, -0.25) is 4.79 Å². The highest BCUT2D eigenvalue weighted by Crippen LogP contribution is 2.24. The Morgan fingerprint density at radius 2 is 1.82 bits per heavy atom. The molecule has 1 aliphatic rings. The van der Waals surface area contributed by atoms with Crippen molar-refractivity contribution in [2.45, 2.75) is 37.0 Å². The molecule has 0 aromatic heterocycles. The van der Waals surface area contributed by atoms with Crippen molar-refractivity contribution in [3.63, 3.8) is 0 Å². The van der Waals surface area contributed by atoms with E-state index in [0.717, 1.165) is 17.7 Å². The summed E-state index contributed by atoms with van der Waals surface area (Å²) >= 11 is 0. The molecule has 1 atom stereocenters. The van der Waals surface area contributed by atoms with Crippen LogP contribution in [0, 0.1) is 0 Å². The minimum absolute atomic E-state index is 0.0342. The molecule has 1 heterocycles. The van der Waals surface area contributed by atoms with Crippen molar-refractivity contribution < 1.29 is 17.9 Å². The molecule has 3 rings (SSSR count). The third-order valence-corrected chi connectivity index (χ3v) is 6.33. The molecule has 150 valence electrons. The average molecular weight is 403 g/mol. The Kier molecular flexibility index (Phi) is 6.70. The fourth-order valence-corrected chi connectivity index (χ4v) is 4.21. The highest BCUT2D eigenvalue weighted by atomic mass is 32.2. The second-order valence-electron chi connectivity index (χ2n) is 6.87. The number of sulfonamides is 1. The van der Waals surface area contributed by atoms with Gasteiger partial charge in [-0.25, -0.2) is 13.1 Å². The number of hydrogen-bond acceptors (Lipinski definition) is 4. The Morgan fingerprint density at radius 1 is 1.11 bits per heavy atom. The number of ether oxygens (including phenoxy) is 1. The van der Waals surface area contributed by atoms with Crippen LogP contribution in [0.25, 0.3) is 0 Å². The first-order valence-corrected chi connectivity index (χ1v) is 11.0. The van der Waals surface area contributed by atoms with Crippen LogP contribution in [0.3, 0.4) is 0 Å². The standard InChI is InChI=1S/C21H26N2O4S/c1-2-16-4-8-19(9-5-16)27-13-3-12-23-28(25,26)20-10-6-17(7-11-20)18-14-21(24)22-15-18/h4-11,18,23H,2-3,12-15H2,1H3,(H,22,24)/t18-/m1/s1. The molecule has 1 fully saturated rings. The van der Waals surface area contributed by atoms with Gasteiger partial charge in [0, 0.05) is 25.4 Å². The Morgan fingerprint density at radius 3 is 2.43 bits per heavy atom. The first-order valence-electron chi connectivity index (χ1n) is 9.56. The van der Waals surface area contributed by atoms with Crippen LogP contribution < -0.4 is 14.8 Å². The van der Waals surface area contributed by atoms with Crippen molar-refractivity contribution in [3.05, 3.63) is 59.7 Å². The molecule has 0 bridgehead atoms. The van der Waals surface area contributed by atoms with Crippen LogP contribution in [-0.2, 0) is 21.2 Å². The zero-order valence-electron chi connectivity index (χ0n) is 16.0. The molecule has 0 unspecified atom stereocenters. The summed E-state index contributed by atoms with van der Waals surface area (Å²) in [6.45, 7) is 3.44. The van der Waals surface area contributed by atoms with Gasteiger partial charge in [0.15, 0.2) is 0 Å². The molecule has 7 heteroatoms. The molecule has 6 nitrogen and oxygen atoms in total. The summed E-state index contributed by atoms with van der Waals surface area (Å²) < 4.78 is 33.0. The first kappa shape index (κ1) is 20.4. The Hall–Kier alpha value is -2.38. The quantitative estimate of drug-likeness (QED) is 0.632. The molecule has 1 amide bonds. The van der Waals surface area contributed by atoms with Crippen molar-refractivity contribution >= 4 is 15.9 Å². The second-order valence-corrected chi connectivity index (χ2v) is 8.64. The zero-order chi connectivity index (χ0) is 20.0. The number of hydrogen-bond donors (Lipinski definition) is 2. The third kappa shape index (κ3) is 5.33. The van der Waals surface area contributed by atoms with Crippen LogP contribution >= 0.6 is 0 Å². The zero-order valence-corrected chi connectivity index (χ0v) is 16.8. The molecule has 0 radical (unpaired) electrons. The van der Waals surface area contributed by atoms with Crippen molar-refractivity contribution in [1.29, 1.82) is 0 Å². The number of carbonyl (C=O) groups is 1. The summed E-state index contributed by atoms with van der Waals surface area (Å²) in [7, 11) is -3.55. The van der Waals surface area contributed by atoms with Crippen molar-refractivity contribution in [2.75, 3.05) is 19.7 Å². The van der Waals surface area contributed by atoms with E-state index in [-0.39, 0.29) is 16.7 Å². The topological polar surface area (TPSA) is 84.5 Å². The third-order valence-electron chi connectivity index (χ3n) is 4.85. The maximum Gasteiger partial charge on any atom is 0.240 e. The molecule has 2 aromatic carbocycles. The van der Waals surface area contributed by atoms with Crippen LogP contribution in [0.4, 0.5) is 0 Å². The van der Waals surface area contributed by atoms with Crippen LogP contribution in [0.15, 0.2) is 53.4 Å². The largest absolute Gasteiger partial charge is 0.494 e. The van der Waals surface area contributed by atoms with Gasteiger partial charge in [0.2, 0.25) is 15.9 Å². The number of aryl methyl sites for hydroxylation is 1. The van der Waals surface area contributed by atoms with Crippen molar-refractivity contribution in [3.8, 4) is 5.75 Å². The second kappa shape index (κ2) is 9.21. The van der Waals surface area contributed by atoms with E-state index in [1.165, 1.54) is 5.56 Å². The average Bonchev–Trinajstić information content (AvgIpc) is 3.14. The lowest BCUT2D eigenvalue weighted by Gasteiger charge is -2.11. The number of carbonyl (C=O) groups excluding carboxylic acids is 1. The summed E-state index contributed by atoms with van der Waals surface area (Å²) in [5, 5.41) is 2.79. The minimum atomic E-state index is -3.55. The molecule has 0 aliphatic carbocycles. The van der Waals surface area contributed by atoms with Crippen LogP contribution in [0.2, 0.25) is 0 Å². The van der Waals surface area contributed by atoms with Gasteiger partial charge < -0.3 is 10.1 Å². The smallest absolute Gasteiger partial charge is 0.240 e. The van der Waals surface area contributed by atoms with Gasteiger partial charge in [-0.05, 0) is 48.2 Å². The summed E-state index contributed by atoms with van der Waals surface area (Å²) in [4.78, 5) is 11.5. The van der Waals surface area contributed by atoms with Crippen LogP contribution in [0.1, 0.15) is 36.8 Å². The Balaban J connectivity index is 1.45. The highest BCUT2D eigenvalue weighted by molar-refractivity contribution is 7.89. The van der Waals surface area contributed by atoms with Gasteiger partial charge in [0.25, 0.3) is 0 Å². The summed E-state index contributed by atoms with van der Waals surface area (Å²) in [5.41, 5.74) is 2.22. The lowest BCUT2D eigenvalue weighted by Crippen LogP contribution is -2.25. The lowest BCUT2D eigenvalue weighted by molar-refractivity contribution is -0.119. The summed E-state index contributed by atoms with van der Waals surface area (Å²) in [5.74, 6) is 0.933. The van der Waals surface area contributed by atoms with Crippen molar-refractivity contribution in [1.82, 2.24) is 10.0 Å². The molecule has 1 saturated heterocycles. The van der Waals surface area contributed by atoms with Gasteiger partial charge in [-0.1, -0.05) is 31.2 Å². The van der Waals surface area contributed by atoms with Gasteiger partial charge in [-0.2, -0.15) is 0 Å². The Labute approximate surface area is 166 Å². The Bertz CT molecular complexity index is 893. The number of rotatable bonds is 9. The SMILES string of the molecule is CCc1ccc(OCCCNS(=O)(=O)c2ccc([C@H]3CNC(=O)C3)cc2)cc1. The molecule has 2 aromatic rings. The molecule has 0 spiro atoms. The fourth-order valence-electron chi connectivity index (χ4n) is 3.13. The molecular formula is C21H26N2O4S. The molecular weight excluding hydrogens is 376 g/mol. The number of nitrogens with one attached hydrogen (secondary N) is 2. The lowest BCUT2D eigenvalue weighted by atomic mass is 9.99. The number of benzene rings is 2. The number of amides is 1. The first-order chi connectivity index (χ1) is 13.5. The fraction of sp³-hybridized carbons (Fsp3) is 0.381. The molecule has 0 saturated carbocycles. The summed E-state index contributed by atoms with van der Waals surface area (Å²) in [6.07, 6.45) is 2.01. The van der Waals surface area contributed by atoms with Gasteiger partial charge in [-0.15, -0.1) is 0 Å². The van der Waals surface area contributed by atoms with E-state index in [0.29, 0.717) is 32.5 Å². The summed E-state index contributed by atoms with van der Waals surface area (Å²) in [6, 6.07) is 14.7. The maximum absolute atomic E-state index is 12.4. The predicted molar refractivity (Wildman–Crippen MR) is 108 cm³/mol. The maximum atomic E-state index is 12.4. The van der Waals surface area contributed by atoms with Crippen molar-refractivity contribution in [2.24, 2.45) is 0 Å². The molecule has 2 N–H and O–H groups in total. The normalized spacial score (nSPS) is 16.8. The van der Waals surface area contributed by atoms with Gasteiger partial charge >= 0.3 is 0 Å². The molecule has 1 aliphatic heterocycles. The van der Waals surface area contributed by atoms with Gasteiger partial charge in [0.05, 0.1) is 11.5 Å². The van der Waals surface area contributed by atoms with E-state index in [1.807, 2.05) is 24.3 Å². The van der Waals surface area contributed by atoms with E-state index < -0.39 is 10.0 Å². The molecule has 28 heavy (non-hydrogen) atoms. The van der Waals surface area contributed by atoms with E-state index >= 15 is 0 Å². The predicted octanol–water partition coefficient (Wildman–Crippen LogP) is 2.60.